The number of hydrogen-bond donors (Lipinski definition) is 2. The number of phenols is 1. The maximum Gasteiger partial charge on any atom is 0.115 e. The number of unbranched alkanes of at least 4 members (excludes halogenated alkanes) is 5. The number of aryl methyl sites for hydroxylation is 1. The summed E-state index contributed by atoms with van der Waals surface area (Å²) in [4.78, 5) is 0. The number of aromatic hydroxyl groups is 1. The summed E-state index contributed by atoms with van der Waals surface area (Å²) in [6.07, 6.45) is 11.7. The van der Waals surface area contributed by atoms with Crippen LogP contribution in [0.15, 0.2) is 18.2 Å². The van der Waals surface area contributed by atoms with Crippen molar-refractivity contribution in [3.63, 3.8) is 0 Å². The van der Waals surface area contributed by atoms with Gasteiger partial charge >= 0.3 is 0 Å². The van der Waals surface area contributed by atoms with Gasteiger partial charge in [0.1, 0.15) is 5.75 Å². The highest BCUT2D eigenvalue weighted by Gasteiger charge is 2.19. The fourth-order valence-electron chi connectivity index (χ4n) is 3.18. The molecule has 2 rings (SSSR count). The molecular weight excluding hydrogens is 246 g/mol. The number of fused-ring (bicyclic) bond motifs is 1. The number of hydrogen-bond acceptors (Lipinski definition) is 2. The van der Waals surface area contributed by atoms with E-state index in [-0.39, 0.29) is 0 Å². The van der Waals surface area contributed by atoms with Gasteiger partial charge in [0.15, 0.2) is 0 Å². The molecule has 0 fully saturated rings. The molecule has 1 atom stereocenters. The zero-order chi connectivity index (χ0) is 14.2. The third-order valence-electron chi connectivity index (χ3n) is 4.36. The molecule has 1 unspecified atom stereocenters. The maximum atomic E-state index is 9.67. The van der Waals surface area contributed by atoms with Crippen molar-refractivity contribution in [2.75, 3.05) is 6.54 Å². The molecule has 112 valence electrons. The monoisotopic (exact) mass is 275 g/mol. The Morgan fingerprint density at radius 2 is 1.95 bits per heavy atom. The molecule has 0 saturated carbocycles. The number of phenolic OH excluding ortho intramolecular Hbond substituents is 1. The first-order valence-electron chi connectivity index (χ1n) is 8.36. The van der Waals surface area contributed by atoms with E-state index in [9.17, 15) is 5.11 Å². The van der Waals surface area contributed by atoms with Gasteiger partial charge in [-0.15, -0.1) is 0 Å². The van der Waals surface area contributed by atoms with Crippen LogP contribution in [0.4, 0.5) is 0 Å². The van der Waals surface area contributed by atoms with Gasteiger partial charge in [0.2, 0.25) is 0 Å². The Bertz CT molecular complexity index is 402. The van der Waals surface area contributed by atoms with E-state index >= 15 is 0 Å². The number of benzene rings is 1. The molecule has 1 aromatic rings. The van der Waals surface area contributed by atoms with Gasteiger partial charge in [-0.05, 0) is 55.5 Å². The molecule has 0 amide bonds. The van der Waals surface area contributed by atoms with Crippen LogP contribution in [-0.4, -0.2) is 11.7 Å². The van der Waals surface area contributed by atoms with Gasteiger partial charge in [-0.25, -0.2) is 0 Å². The third kappa shape index (κ3) is 4.52. The van der Waals surface area contributed by atoms with Crippen molar-refractivity contribution in [1.82, 2.24) is 5.32 Å². The molecule has 0 bridgehead atoms. The Labute approximate surface area is 123 Å². The van der Waals surface area contributed by atoms with E-state index in [1.54, 1.807) is 0 Å². The van der Waals surface area contributed by atoms with E-state index in [2.05, 4.69) is 18.3 Å². The summed E-state index contributed by atoms with van der Waals surface area (Å²) in [5.41, 5.74) is 2.73. The Morgan fingerprint density at radius 3 is 2.80 bits per heavy atom. The lowest BCUT2D eigenvalue weighted by Crippen LogP contribution is -2.26. The molecule has 1 aliphatic carbocycles. The summed E-state index contributed by atoms with van der Waals surface area (Å²) in [7, 11) is 0. The molecule has 2 heteroatoms. The minimum absolute atomic E-state index is 0.400. The van der Waals surface area contributed by atoms with Gasteiger partial charge < -0.3 is 10.4 Å². The second-order valence-corrected chi connectivity index (χ2v) is 6.05. The van der Waals surface area contributed by atoms with Crippen LogP contribution in [0.2, 0.25) is 0 Å². The van der Waals surface area contributed by atoms with Crippen LogP contribution in [0, 0.1) is 0 Å². The smallest absolute Gasteiger partial charge is 0.115 e. The third-order valence-corrected chi connectivity index (χ3v) is 4.36. The quantitative estimate of drug-likeness (QED) is 0.673. The molecule has 0 aliphatic heterocycles. The van der Waals surface area contributed by atoms with Crippen molar-refractivity contribution in [2.24, 2.45) is 0 Å². The van der Waals surface area contributed by atoms with Crippen LogP contribution in [0.3, 0.4) is 0 Å². The Balaban J connectivity index is 1.73. The molecule has 1 aromatic carbocycles. The van der Waals surface area contributed by atoms with Crippen molar-refractivity contribution in [3.05, 3.63) is 29.3 Å². The van der Waals surface area contributed by atoms with Crippen LogP contribution >= 0.6 is 0 Å². The van der Waals surface area contributed by atoms with Crippen LogP contribution < -0.4 is 5.32 Å². The van der Waals surface area contributed by atoms with Gasteiger partial charge in [0.25, 0.3) is 0 Å². The van der Waals surface area contributed by atoms with E-state index < -0.39 is 0 Å². The largest absolute Gasteiger partial charge is 0.508 e. The molecule has 0 heterocycles. The Hall–Kier alpha value is -1.02. The minimum atomic E-state index is 0.400. The molecule has 0 aromatic heterocycles. The number of nitrogens with one attached hydrogen (secondary N) is 1. The summed E-state index contributed by atoms with van der Waals surface area (Å²) < 4.78 is 0. The second kappa shape index (κ2) is 8.31. The van der Waals surface area contributed by atoms with Crippen LogP contribution in [0.1, 0.15) is 75.5 Å². The molecule has 0 radical (unpaired) electrons. The molecular formula is C18H29NO. The topological polar surface area (TPSA) is 32.3 Å². The van der Waals surface area contributed by atoms with Gasteiger partial charge in [0.05, 0.1) is 0 Å². The van der Waals surface area contributed by atoms with E-state index in [4.69, 9.17) is 0 Å². The van der Waals surface area contributed by atoms with Gasteiger partial charge in [-0.2, -0.15) is 0 Å². The summed E-state index contributed by atoms with van der Waals surface area (Å²) in [6.45, 7) is 3.36. The maximum absolute atomic E-state index is 9.67. The van der Waals surface area contributed by atoms with Gasteiger partial charge in [-0.1, -0.05) is 45.1 Å². The average molecular weight is 275 g/mol. The van der Waals surface area contributed by atoms with Crippen LogP contribution in [0.5, 0.6) is 5.75 Å². The van der Waals surface area contributed by atoms with Crippen LogP contribution in [0.25, 0.3) is 0 Å². The lowest BCUT2D eigenvalue weighted by Gasteiger charge is -2.26. The molecule has 0 spiro atoms. The minimum Gasteiger partial charge on any atom is -0.508 e. The first kappa shape index (κ1) is 15.4. The average Bonchev–Trinajstić information content (AvgIpc) is 2.46. The predicted molar refractivity (Wildman–Crippen MR) is 85.2 cm³/mol. The SMILES string of the molecule is CCCCCCCCNC1CCCc2ccc(O)cc21. The van der Waals surface area contributed by atoms with Crippen molar-refractivity contribution < 1.29 is 5.11 Å². The van der Waals surface area contributed by atoms with Gasteiger partial charge in [-0.3, -0.25) is 0 Å². The predicted octanol–water partition coefficient (Wildman–Crippen LogP) is 4.72. The van der Waals surface area contributed by atoms with Crippen molar-refractivity contribution in [2.45, 2.75) is 70.8 Å². The van der Waals surface area contributed by atoms with E-state index in [1.807, 2.05) is 12.1 Å². The second-order valence-electron chi connectivity index (χ2n) is 6.05. The van der Waals surface area contributed by atoms with Gasteiger partial charge in [0, 0.05) is 6.04 Å². The fraction of sp³-hybridized carbons (Fsp3) is 0.667. The summed E-state index contributed by atoms with van der Waals surface area (Å²) in [5.74, 6) is 0.400. The van der Waals surface area contributed by atoms with Crippen molar-refractivity contribution in [3.8, 4) is 5.75 Å². The molecule has 20 heavy (non-hydrogen) atoms. The standard InChI is InChI=1S/C18H29NO/c1-2-3-4-5-6-7-13-19-18-10-8-9-15-11-12-16(20)14-17(15)18/h11-12,14,18-20H,2-10,13H2,1H3. The zero-order valence-electron chi connectivity index (χ0n) is 12.8. The fourth-order valence-corrected chi connectivity index (χ4v) is 3.18. The normalized spacial score (nSPS) is 17.9. The molecule has 2 N–H and O–H groups in total. The highest BCUT2D eigenvalue weighted by Crippen LogP contribution is 2.32. The van der Waals surface area contributed by atoms with E-state index in [0.29, 0.717) is 11.8 Å². The molecule has 0 saturated heterocycles. The lowest BCUT2D eigenvalue weighted by molar-refractivity contribution is 0.438. The molecule has 2 nitrogen and oxygen atoms in total. The highest BCUT2D eigenvalue weighted by atomic mass is 16.3. The summed E-state index contributed by atoms with van der Waals surface area (Å²) in [6, 6.07) is 6.30. The lowest BCUT2D eigenvalue weighted by atomic mass is 9.87. The zero-order valence-corrected chi connectivity index (χ0v) is 12.8. The first-order valence-corrected chi connectivity index (χ1v) is 8.36. The first-order chi connectivity index (χ1) is 9.81. The van der Waals surface area contributed by atoms with Crippen molar-refractivity contribution in [1.29, 1.82) is 0 Å². The Morgan fingerprint density at radius 1 is 1.15 bits per heavy atom. The summed E-state index contributed by atoms with van der Waals surface area (Å²) >= 11 is 0. The van der Waals surface area contributed by atoms with Crippen molar-refractivity contribution >= 4 is 0 Å². The highest BCUT2D eigenvalue weighted by molar-refractivity contribution is 5.38. The summed E-state index contributed by atoms with van der Waals surface area (Å²) in [5, 5.41) is 13.4. The number of rotatable bonds is 8. The van der Waals surface area contributed by atoms with E-state index in [0.717, 1.165) is 13.0 Å². The Kier molecular flexibility index (Phi) is 6.38. The van der Waals surface area contributed by atoms with Crippen LogP contribution in [-0.2, 0) is 6.42 Å². The van der Waals surface area contributed by atoms with E-state index in [1.165, 1.54) is 62.5 Å². The molecule has 1 aliphatic rings.